The van der Waals surface area contributed by atoms with Crippen LogP contribution in [0.2, 0.25) is 0 Å². The lowest BCUT2D eigenvalue weighted by Gasteiger charge is -2.43. The van der Waals surface area contributed by atoms with E-state index in [9.17, 15) is 5.11 Å². The molecule has 0 aliphatic heterocycles. The molecule has 2 nitrogen and oxygen atoms in total. The second-order valence-electron chi connectivity index (χ2n) is 10.4. The molecule has 4 rings (SSSR count). The number of nitrogens with one attached hydrogen (secondary N) is 1. The minimum Gasteiger partial charge on any atom is -0.391 e. The summed E-state index contributed by atoms with van der Waals surface area (Å²) in [7, 11) is 0. The van der Waals surface area contributed by atoms with E-state index in [1.165, 1.54) is 27.8 Å². The van der Waals surface area contributed by atoms with Gasteiger partial charge in [-0.15, -0.1) is 0 Å². The Labute approximate surface area is 187 Å². The lowest BCUT2D eigenvalue weighted by molar-refractivity contribution is 0.0160. The highest BCUT2D eigenvalue weighted by Gasteiger charge is 2.47. The van der Waals surface area contributed by atoms with Crippen molar-refractivity contribution in [1.29, 1.82) is 0 Å². The van der Waals surface area contributed by atoms with Crippen LogP contribution in [-0.2, 0) is 5.54 Å². The van der Waals surface area contributed by atoms with Gasteiger partial charge in [0.15, 0.2) is 0 Å². The molecule has 0 bridgehead atoms. The molecule has 2 heteroatoms. The SMILES string of the molecule is CC(C)C[C@H](NC1(c2ccccc2)c2ccccc2-c2ccccc21)[C@H](O)C(C)(C)C. The molecule has 0 fully saturated rings. The first-order valence-corrected chi connectivity index (χ1v) is 11.5. The van der Waals surface area contributed by atoms with Crippen LogP contribution in [-0.4, -0.2) is 17.3 Å². The van der Waals surface area contributed by atoms with Gasteiger partial charge in [0.1, 0.15) is 0 Å². The molecular formula is C29H35NO. The molecule has 0 heterocycles. The maximum atomic E-state index is 11.4. The summed E-state index contributed by atoms with van der Waals surface area (Å²) in [5.41, 5.74) is 5.55. The Morgan fingerprint density at radius 1 is 0.774 bits per heavy atom. The summed E-state index contributed by atoms with van der Waals surface area (Å²) < 4.78 is 0. The van der Waals surface area contributed by atoms with Crippen molar-refractivity contribution >= 4 is 0 Å². The third-order valence-electron chi connectivity index (χ3n) is 6.55. The van der Waals surface area contributed by atoms with Gasteiger partial charge in [-0.25, -0.2) is 0 Å². The summed E-state index contributed by atoms with van der Waals surface area (Å²) in [6.45, 7) is 10.8. The van der Waals surface area contributed by atoms with Crippen molar-refractivity contribution in [3.63, 3.8) is 0 Å². The van der Waals surface area contributed by atoms with Gasteiger partial charge >= 0.3 is 0 Å². The highest BCUT2D eigenvalue weighted by molar-refractivity contribution is 5.83. The van der Waals surface area contributed by atoms with Crippen LogP contribution in [0.15, 0.2) is 78.9 Å². The van der Waals surface area contributed by atoms with Crippen molar-refractivity contribution in [2.45, 2.75) is 58.7 Å². The van der Waals surface area contributed by atoms with Gasteiger partial charge in [0, 0.05) is 6.04 Å². The Morgan fingerprint density at radius 2 is 1.26 bits per heavy atom. The predicted molar refractivity (Wildman–Crippen MR) is 130 cm³/mol. The molecule has 0 saturated heterocycles. The molecule has 0 radical (unpaired) electrons. The smallest absolute Gasteiger partial charge is 0.0963 e. The second-order valence-corrected chi connectivity index (χ2v) is 10.4. The molecule has 2 N–H and O–H groups in total. The van der Waals surface area contributed by atoms with Gasteiger partial charge in [-0.3, -0.25) is 5.32 Å². The molecule has 3 aromatic carbocycles. The molecule has 0 saturated carbocycles. The summed E-state index contributed by atoms with van der Waals surface area (Å²) in [6, 6.07) is 28.1. The first-order chi connectivity index (χ1) is 14.7. The molecule has 0 spiro atoms. The van der Waals surface area contributed by atoms with Gasteiger partial charge in [0.25, 0.3) is 0 Å². The average molecular weight is 414 g/mol. The number of aliphatic hydroxyl groups is 1. The monoisotopic (exact) mass is 413 g/mol. The van der Waals surface area contributed by atoms with Crippen LogP contribution >= 0.6 is 0 Å². The lowest BCUT2D eigenvalue weighted by atomic mass is 9.76. The summed E-state index contributed by atoms with van der Waals surface area (Å²) in [5, 5.41) is 15.5. The molecular weight excluding hydrogens is 378 g/mol. The first kappa shape index (κ1) is 21.8. The van der Waals surface area contributed by atoms with Gasteiger partial charge in [-0.1, -0.05) is 113 Å². The van der Waals surface area contributed by atoms with Crippen LogP contribution < -0.4 is 5.32 Å². The lowest BCUT2D eigenvalue weighted by Crippen LogP contribution is -2.56. The summed E-state index contributed by atoms with van der Waals surface area (Å²) in [4.78, 5) is 0. The van der Waals surface area contributed by atoms with Crippen molar-refractivity contribution in [3.05, 3.63) is 95.6 Å². The average Bonchev–Trinajstić information content (AvgIpc) is 3.04. The van der Waals surface area contributed by atoms with E-state index < -0.39 is 11.6 Å². The van der Waals surface area contributed by atoms with E-state index in [4.69, 9.17) is 0 Å². The second kappa shape index (κ2) is 8.26. The molecule has 0 amide bonds. The highest BCUT2D eigenvalue weighted by Crippen LogP contribution is 2.51. The van der Waals surface area contributed by atoms with Gasteiger partial charge < -0.3 is 5.11 Å². The molecule has 1 aliphatic carbocycles. The minimum atomic E-state index is -0.500. The van der Waals surface area contributed by atoms with Crippen molar-refractivity contribution in [2.75, 3.05) is 0 Å². The van der Waals surface area contributed by atoms with Crippen molar-refractivity contribution in [3.8, 4) is 11.1 Å². The van der Waals surface area contributed by atoms with Crippen molar-refractivity contribution in [1.82, 2.24) is 5.32 Å². The Bertz CT molecular complexity index is 986. The number of aliphatic hydroxyl groups excluding tert-OH is 1. The van der Waals surface area contributed by atoms with Crippen molar-refractivity contribution in [2.24, 2.45) is 11.3 Å². The van der Waals surface area contributed by atoms with E-state index in [2.05, 4.69) is 119 Å². The quantitative estimate of drug-likeness (QED) is 0.492. The Hall–Kier alpha value is -2.42. The molecule has 2 atom stereocenters. The fraction of sp³-hybridized carbons (Fsp3) is 0.379. The number of hydrogen-bond donors (Lipinski definition) is 2. The third-order valence-corrected chi connectivity index (χ3v) is 6.55. The van der Waals surface area contributed by atoms with E-state index in [0.29, 0.717) is 5.92 Å². The molecule has 3 aromatic rings. The topological polar surface area (TPSA) is 32.3 Å². The maximum absolute atomic E-state index is 11.4. The maximum Gasteiger partial charge on any atom is 0.0963 e. The summed E-state index contributed by atoms with van der Waals surface area (Å²) in [5.74, 6) is 0.467. The highest BCUT2D eigenvalue weighted by atomic mass is 16.3. The normalized spacial score (nSPS) is 16.6. The Balaban J connectivity index is 1.96. The molecule has 0 aromatic heterocycles. The van der Waals surface area contributed by atoms with Crippen LogP contribution in [0.4, 0.5) is 0 Å². The fourth-order valence-electron chi connectivity index (χ4n) is 5.13. The standard InChI is InChI=1S/C29H35NO/c1-20(2)19-26(27(31)28(3,4)5)30-29(21-13-7-6-8-14-21)24-17-11-9-15-22(24)23-16-10-12-18-25(23)29/h6-18,20,26-27,30-31H,19H2,1-5H3/t26-,27-/m0/s1. The molecule has 31 heavy (non-hydrogen) atoms. The largest absolute Gasteiger partial charge is 0.391 e. The summed E-state index contributed by atoms with van der Waals surface area (Å²) in [6.07, 6.45) is 0.424. The van der Waals surface area contributed by atoms with Crippen LogP contribution in [0.25, 0.3) is 11.1 Å². The Morgan fingerprint density at radius 3 is 1.74 bits per heavy atom. The number of fused-ring (bicyclic) bond motifs is 3. The molecule has 0 unspecified atom stereocenters. The number of benzene rings is 3. The third kappa shape index (κ3) is 3.84. The number of hydrogen-bond acceptors (Lipinski definition) is 2. The van der Waals surface area contributed by atoms with Gasteiger partial charge in [0.2, 0.25) is 0 Å². The van der Waals surface area contributed by atoms with Gasteiger partial charge in [0.05, 0.1) is 11.6 Å². The van der Waals surface area contributed by atoms with Gasteiger partial charge in [-0.2, -0.15) is 0 Å². The Kier molecular flexibility index (Phi) is 5.81. The van der Waals surface area contributed by atoms with E-state index in [1.54, 1.807) is 0 Å². The van der Waals surface area contributed by atoms with E-state index >= 15 is 0 Å². The fourth-order valence-corrected chi connectivity index (χ4v) is 5.13. The van der Waals surface area contributed by atoms with Gasteiger partial charge in [-0.05, 0) is 45.6 Å². The van der Waals surface area contributed by atoms with E-state index in [1.807, 2.05) is 0 Å². The number of rotatable bonds is 6. The van der Waals surface area contributed by atoms with Crippen LogP contribution in [0.3, 0.4) is 0 Å². The van der Waals surface area contributed by atoms with Crippen LogP contribution in [0.5, 0.6) is 0 Å². The van der Waals surface area contributed by atoms with E-state index in [-0.39, 0.29) is 11.5 Å². The zero-order valence-electron chi connectivity index (χ0n) is 19.4. The van der Waals surface area contributed by atoms with Crippen molar-refractivity contribution < 1.29 is 5.11 Å². The minimum absolute atomic E-state index is 0.0561. The van der Waals surface area contributed by atoms with E-state index in [0.717, 1.165) is 6.42 Å². The van der Waals surface area contributed by atoms with Crippen LogP contribution in [0, 0.1) is 11.3 Å². The zero-order valence-corrected chi connectivity index (χ0v) is 19.4. The predicted octanol–water partition coefficient (Wildman–Crippen LogP) is 6.37. The first-order valence-electron chi connectivity index (χ1n) is 11.5. The molecule has 162 valence electrons. The summed E-state index contributed by atoms with van der Waals surface area (Å²) >= 11 is 0. The van der Waals surface area contributed by atoms with Crippen LogP contribution in [0.1, 0.15) is 57.7 Å². The zero-order chi connectivity index (χ0) is 22.2. The molecule has 1 aliphatic rings.